The highest BCUT2D eigenvalue weighted by Crippen LogP contribution is 2.45. The van der Waals surface area contributed by atoms with Crippen LogP contribution in [0.4, 0.5) is 4.39 Å². The van der Waals surface area contributed by atoms with Gasteiger partial charge in [0.05, 0.1) is 13.7 Å². The average Bonchev–Trinajstić information content (AvgIpc) is 3.15. The zero-order chi connectivity index (χ0) is 19.9. The lowest BCUT2D eigenvalue weighted by molar-refractivity contribution is -0.0906. The van der Waals surface area contributed by atoms with Crippen molar-refractivity contribution in [1.29, 1.82) is 0 Å². The number of nitrogens with zero attached hydrogens (tertiary/aromatic N) is 1. The Balaban J connectivity index is 1.52. The van der Waals surface area contributed by atoms with Crippen LogP contribution in [0, 0.1) is 5.82 Å². The number of carboxylic acids is 1. The lowest BCUT2D eigenvalue weighted by atomic mass is 9.85. The first-order valence-corrected chi connectivity index (χ1v) is 9.88. The first-order valence-electron chi connectivity index (χ1n) is 9.07. The summed E-state index contributed by atoms with van der Waals surface area (Å²) >= 11 is 1.28. The molecule has 1 aromatic carbocycles. The highest BCUT2D eigenvalue weighted by Gasteiger charge is 2.43. The van der Waals surface area contributed by atoms with Gasteiger partial charge in [0.15, 0.2) is 11.6 Å². The Morgan fingerprint density at radius 2 is 2.04 bits per heavy atom. The van der Waals surface area contributed by atoms with Gasteiger partial charge < -0.3 is 19.5 Å². The molecule has 1 N–H and O–H groups in total. The molecule has 148 valence electrons. The molecule has 2 aliphatic rings. The molecule has 1 saturated heterocycles. The Morgan fingerprint density at radius 1 is 1.29 bits per heavy atom. The summed E-state index contributed by atoms with van der Waals surface area (Å²) in [7, 11) is 1.36. The fraction of sp³-hybridized carbons (Fsp3) is 0.400. The molecule has 0 unspecified atom stereocenters. The van der Waals surface area contributed by atoms with Crippen LogP contribution in [-0.2, 0) is 16.8 Å². The maximum Gasteiger partial charge on any atom is 0.345 e. The molecule has 0 aliphatic carbocycles. The van der Waals surface area contributed by atoms with Gasteiger partial charge in [-0.25, -0.2) is 9.18 Å². The van der Waals surface area contributed by atoms with Crippen molar-refractivity contribution in [1.82, 2.24) is 4.90 Å². The average molecular weight is 405 g/mol. The molecule has 1 amide bonds. The van der Waals surface area contributed by atoms with Gasteiger partial charge in [-0.15, -0.1) is 11.3 Å². The fourth-order valence-electron chi connectivity index (χ4n) is 3.95. The molecular formula is C20H20FNO5S. The molecular weight excluding hydrogens is 385 g/mol. The zero-order valence-corrected chi connectivity index (χ0v) is 16.2. The summed E-state index contributed by atoms with van der Waals surface area (Å²) in [6, 6.07) is 5.84. The Morgan fingerprint density at radius 3 is 2.71 bits per heavy atom. The van der Waals surface area contributed by atoms with E-state index < -0.39 is 17.4 Å². The van der Waals surface area contributed by atoms with Gasteiger partial charge in [0, 0.05) is 23.5 Å². The lowest BCUT2D eigenvalue weighted by Crippen LogP contribution is -2.47. The van der Waals surface area contributed by atoms with E-state index in [1.54, 1.807) is 11.0 Å². The Hall–Kier alpha value is -2.45. The minimum Gasteiger partial charge on any atom is -0.494 e. The molecule has 1 fully saturated rings. The zero-order valence-electron chi connectivity index (χ0n) is 15.4. The number of carbonyl (C=O) groups excluding carboxylic acids is 1. The van der Waals surface area contributed by atoms with Crippen molar-refractivity contribution in [2.24, 2.45) is 0 Å². The number of fused-ring (bicyclic) bond motifs is 2. The van der Waals surface area contributed by atoms with Crippen LogP contribution in [0.5, 0.6) is 5.75 Å². The first-order chi connectivity index (χ1) is 13.4. The lowest BCUT2D eigenvalue weighted by Gasteiger charge is -2.43. The number of carboxylic acid groups (broad SMARTS) is 1. The van der Waals surface area contributed by atoms with Crippen LogP contribution in [0.2, 0.25) is 0 Å². The molecule has 6 nitrogen and oxygen atoms in total. The number of likely N-dealkylation sites (tertiary alicyclic amines) is 1. The number of thiophene rings is 1. The van der Waals surface area contributed by atoms with Crippen LogP contribution in [0.1, 0.15) is 43.3 Å². The summed E-state index contributed by atoms with van der Waals surface area (Å²) in [6.07, 6.45) is 1.91. The van der Waals surface area contributed by atoms with Crippen LogP contribution in [-0.4, -0.2) is 48.7 Å². The number of ether oxygens (including phenoxy) is 2. The Labute approximate surface area is 165 Å². The van der Waals surface area contributed by atoms with Gasteiger partial charge in [0.1, 0.15) is 10.5 Å². The van der Waals surface area contributed by atoms with Gasteiger partial charge in [-0.3, -0.25) is 4.79 Å². The monoisotopic (exact) mass is 405 g/mol. The number of piperidine rings is 1. The van der Waals surface area contributed by atoms with E-state index in [0.717, 1.165) is 10.4 Å². The topological polar surface area (TPSA) is 76.1 Å². The summed E-state index contributed by atoms with van der Waals surface area (Å²) in [5.74, 6) is -1.57. The van der Waals surface area contributed by atoms with Gasteiger partial charge in [-0.1, -0.05) is 0 Å². The first kappa shape index (κ1) is 18.9. The number of aromatic carboxylic acids is 1. The molecule has 0 atom stereocenters. The molecule has 8 heteroatoms. The van der Waals surface area contributed by atoms with Crippen LogP contribution in [0.3, 0.4) is 0 Å². The van der Waals surface area contributed by atoms with E-state index >= 15 is 0 Å². The summed E-state index contributed by atoms with van der Waals surface area (Å²) in [5, 5.41) is 9.30. The number of halogens is 1. The van der Waals surface area contributed by atoms with Crippen molar-refractivity contribution in [2.75, 3.05) is 26.8 Å². The number of hydrogen-bond donors (Lipinski definition) is 1. The summed E-state index contributed by atoms with van der Waals surface area (Å²) in [4.78, 5) is 27.2. The van der Waals surface area contributed by atoms with Crippen molar-refractivity contribution in [3.8, 4) is 5.75 Å². The molecule has 0 bridgehead atoms. The predicted molar refractivity (Wildman–Crippen MR) is 101 cm³/mol. The van der Waals surface area contributed by atoms with Crippen LogP contribution < -0.4 is 4.74 Å². The third kappa shape index (κ3) is 3.16. The number of hydrogen-bond acceptors (Lipinski definition) is 5. The number of carbonyl (C=O) groups is 2. The SMILES string of the molecule is COc1cc(C(=O)N2CCC3(CC2)OCCc2cc(C(=O)O)sc23)ccc1F. The predicted octanol–water partition coefficient (Wildman–Crippen LogP) is 3.30. The highest BCUT2D eigenvalue weighted by molar-refractivity contribution is 7.14. The van der Waals surface area contributed by atoms with E-state index in [0.29, 0.717) is 49.4 Å². The maximum atomic E-state index is 13.6. The molecule has 0 saturated carbocycles. The van der Waals surface area contributed by atoms with E-state index in [1.165, 1.54) is 36.6 Å². The maximum absolute atomic E-state index is 13.6. The van der Waals surface area contributed by atoms with Crippen molar-refractivity contribution >= 4 is 23.2 Å². The highest BCUT2D eigenvalue weighted by atomic mass is 32.1. The van der Waals surface area contributed by atoms with Gasteiger partial charge in [0.25, 0.3) is 5.91 Å². The van der Waals surface area contributed by atoms with Crippen molar-refractivity contribution in [3.05, 3.63) is 51.0 Å². The van der Waals surface area contributed by atoms with E-state index in [2.05, 4.69) is 0 Å². The molecule has 1 spiro atoms. The van der Waals surface area contributed by atoms with Crippen molar-refractivity contribution in [2.45, 2.75) is 24.9 Å². The Kier molecular flexibility index (Phi) is 4.84. The Bertz CT molecular complexity index is 933. The van der Waals surface area contributed by atoms with E-state index in [9.17, 15) is 19.1 Å². The van der Waals surface area contributed by atoms with Gasteiger partial charge in [-0.2, -0.15) is 0 Å². The fourth-order valence-corrected chi connectivity index (χ4v) is 5.19. The number of methoxy groups -OCH3 is 1. The van der Waals surface area contributed by atoms with Gasteiger partial charge in [0.2, 0.25) is 0 Å². The molecule has 1 aromatic heterocycles. The van der Waals surface area contributed by atoms with Gasteiger partial charge >= 0.3 is 5.97 Å². The molecule has 0 radical (unpaired) electrons. The molecule has 2 aliphatic heterocycles. The van der Waals surface area contributed by atoms with Crippen LogP contribution >= 0.6 is 11.3 Å². The quantitative estimate of drug-likeness (QED) is 0.848. The third-order valence-corrected chi connectivity index (χ3v) is 6.79. The minimum atomic E-state index is -0.924. The second-order valence-corrected chi connectivity index (χ2v) is 8.06. The smallest absolute Gasteiger partial charge is 0.345 e. The van der Waals surface area contributed by atoms with Crippen LogP contribution in [0.15, 0.2) is 24.3 Å². The second kappa shape index (κ2) is 7.18. The minimum absolute atomic E-state index is 0.0411. The van der Waals surface area contributed by atoms with Crippen molar-refractivity contribution < 1.29 is 28.6 Å². The van der Waals surface area contributed by atoms with E-state index in [4.69, 9.17) is 9.47 Å². The summed E-state index contributed by atoms with van der Waals surface area (Å²) in [5.41, 5.74) is 0.892. The number of benzene rings is 1. The standard InChI is InChI=1S/C20H20FNO5S/c1-26-15-10-13(2-3-14(15)21)18(23)22-7-5-20(6-8-22)17-12(4-9-27-20)11-16(28-17)19(24)25/h2-3,10-11H,4-9H2,1H3,(H,24,25). The molecule has 2 aromatic rings. The van der Waals surface area contributed by atoms with Gasteiger partial charge in [-0.05, 0) is 49.1 Å². The normalized spacial score (nSPS) is 18.0. The summed E-state index contributed by atoms with van der Waals surface area (Å²) < 4.78 is 24.7. The van der Waals surface area contributed by atoms with E-state index in [-0.39, 0.29) is 11.7 Å². The number of rotatable bonds is 3. The number of amides is 1. The second-order valence-electron chi connectivity index (χ2n) is 7.00. The molecule has 3 heterocycles. The largest absolute Gasteiger partial charge is 0.494 e. The van der Waals surface area contributed by atoms with Crippen LogP contribution in [0.25, 0.3) is 0 Å². The summed E-state index contributed by atoms with van der Waals surface area (Å²) in [6.45, 7) is 1.52. The third-order valence-electron chi connectivity index (χ3n) is 5.44. The van der Waals surface area contributed by atoms with Crippen molar-refractivity contribution in [3.63, 3.8) is 0 Å². The molecule has 4 rings (SSSR count). The van der Waals surface area contributed by atoms with E-state index in [1.807, 2.05) is 0 Å². The molecule has 28 heavy (non-hydrogen) atoms.